The van der Waals surface area contributed by atoms with Crippen LogP contribution in [-0.2, 0) is 6.42 Å². The zero-order valence-corrected chi connectivity index (χ0v) is 13.8. The predicted molar refractivity (Wildman–Crippen MR) is 102 cm³/mol. The Hall–Kier alpha value is -3.27. The maximum absolute atomic E-state index is 5.93. The summed E-state index contributed by atoms with van der Waals surface area (Å²) < 4.78 is 0. The molecule has 25 heavy (non-hydrogen) atoms. The standard InChI is InChI=1S/C21H19N3O/c22-17-9-6-10-18(15-17)25-24-21-12-5-4-11-19(21)20(23-24)14-13-16-7-2-1-3-8-16/h1-3,5-10,12-15H,4,11,22H2. The van der Waals surface area contributed by atoms with Crippen LogP contribution in [-0.4, -0.2) is 9.94 Å². The highest BCUT2D eigenvalue weighted by molar-refractivity contribution is 5.71. The van der Waals surface area contributed by atoms with Crippen molar-refractivity contribution in [3.8, 4) is 5.75 Å². The Labute approximate surface area is 146 Å². The second-order valence-corrected chi connectivity index (χ2v) is 5.97. The molecule has 0 bridgehead atoms. The lowest BCUT2D eigenvalue weighted by Gasteiger charge is -2.09. The molecule has 1 aliphatic rings. The first-order valence-corrected chi connectivity index (χ1v) is 8.35. The molecule has 2 N–H and O–H groups in total. The van der Waals surface area contributed by atoms with Gasteiger partial charge in [-0.25, -0.2) is 0 Å². The third-order valence-electron chi connectivity index (χ3n) is 4.14. The van der Waals surface area contributed by atoms with Gasteiger partial charge in [-0.3, -0.25) is 0 Å². The molecule has 1 aliphatic carbocycles. The molecule has 4 heteroatoms. The first-order chi connectivity index (χ1) is 12.3. The average molecular weight is 329 g/mol. The van der Waals surface area contributed by atoms with E-state index < -0.39 is 0 Å². The van der Waals surface area contributed by atoms with E-state index in [4.69, 9.17) is 10.6 Å². The van der Waals surface area contributed by atoms with Crippen LogP contribution < -0.4 is 10.6 Å². The van der Waals surface area contributed by atoms with Gasteiger partial charge in [0.15, 0.2) is 5.75 Å². The number of hydrogen-bond donors (Lipinski definition) is 1. The Morgan fingerprint density at radius 3 is 2.76 bits per heavy atom. The summed E-state index contributed by atoms with van der Waals surface area (Å²) >= 11 is 0. The maximum atomic E-state index is 5.93. The van der Waals surface area contributed by atoms with Crippen LogP contribution in [0.1, 0.15) is 28.9 Å². The summed E-state index contributed by atoms with van der Waals surface area (Å²) in [5, 5.41) is 4.65. The fraction of sp³-hybridized carbons (Fsp3) is 0.0952. The molecule has 0 spiro atoms. The number of hydrogen-bond acceptors (Lipinski definition) is 3. The second kappa shape index (κ2) is 6.69. The van der Waals surface area contributed by atoms with Crippen molar-refractivity contribution >= 4 is 23.9 Å². The molecule has 0 unspecified atom stereocenters. The van der Waals surface area contributed by atoms with Crippen molar-refractivity contribution < 1.29 is 4.84 Å². The summed E-state index contributed by atoms with van der Waals surface area (Å²) in [5.41, 5.74) is 10.8. The van der Waals surface area contributed by atoms with E-state index in [0.717, 1.165) is 29.8 Å². The average Bonchev–Trinajstić information content (AvgIpc) is 2.99. The lowest BCUT2D eigenvalue weighted by molar-refractivity contribution is 0.176. The minimum atomic E-state index is 0.665. The number of anilines is 1. The van der Waals surface area contributed by atoms with Gasteiger partial charge >= 0.3 is 0 Å². The van der Waals surface area contributed by atoms with E-state index in [-0.39, 0.29) is 0 Å². The molecule has 0 aliphatic heterocycles. The van der Waals surface area contributed by atoms with Gasteiger partial charge in [0.2, 0.25) is 0 Å². The summed E-state index contributed by atoms with van der Waals surface area (Å²) in [6.45, 7) is 0. The van der Waals surface area contributed by atoms with Gasteiger partial charge in [0, 0.05) is 17.3 Å². The fourth-order valence-electron chi connectivity index (χ4n) is 2.92. The summed E-state index contributed by atoms with van der Waals surface area (Å²) in [5.74, 6) is 0.669. The number of allylic oxidation sites excluding steroid dienone is 1. The fourth-order valence-corrected chi connectivity index (χ4v) is 2.92. The van der Waals surface area contributed by atoms with E-state index in [1.807, 2.05) is 42.5 Å². The maximum Gasteiger partial charge on any atom is 0.159 e. The van der Waals surface area contributed by atoms with Crippen molar-refractivity contribution in [1.29, 1.82) is 0 Å². The molecule has 1 aromatic heterocycles. The van der Waals surface area contributed by atoms with Crippen molar-refractivity contribution in [3.05, 3.63) is 83.2 Å². The van der Waals surface area contributed by atoms with E-state index in [1.165, 1.54) is 5.56 Å². The predicted octanol–water partition coefficient (Wildman–Crippen LogP) is 4.44. The number of nitrogens with zero attached hydrogens (tertiary/aromatic N) is 2. The summed E-state index contributed by atoms with van der Waals surface area (Å²) in [6, 6.07) is 17.6. The van der Waals surface area contributed by atoms with E-state index >= 15 is 0 Å². The van der Waals surface area contributed by atoms with Gasteiger partial charge in [-0.2, -0.15) is 0 Å². The summed E-state index contributed by atoms with van der Waals surface area (Å²) in [7, 11) is 0. The van der Waals surface area contributed by atoms with Gasteiger partial charge < -0.3 is 10.6 Å². The highest BCUT2D eigenvalue weighted by atomic mass is 16.7. The molecule has 0 atom stereocenters. The molecule has 3 aromatic rings. The van der Waals surface area contributed by atoms with Gasteiger partial charge in [-0.05, 0) is 42.7 Å². The molecular formula is C21H19N3O. The van der Waals surface area contributed by atoms with Gasteiger partial charge in [0.25, 0.3) is 0 Å². The first kappa shape index (κ1) is 15.3. The number of benzene rings is 2. The monoisotopic (exact) mass is 329 g/mol. The molecule has 4 rings (SSSR count). The molecule has 124 valence electrons. The van der Waals surface area contributed by atoms with Crippen LogP contribution in [0.4, 0.5) is 5.69 Å². The van der Waals surface area contributed by atoms with E-state index in [0.29, 0.717) is 11.4 Å². The Kier molecular flexibility index (Phi) is 4.09. The second-order valence-electron chi connectivity index (χ2n) is 5.97. The number of nitrogens with two attached hydrogens (primary N) is 1. The smallest absolute Gasteiger partial charge is 0.159 e. The summed E-state index contributed by atoms with van der Waals surface area (Å²) in [6.07, 6.45) is 10.3. The van der Waals surface area contributed by atoms with Crippen molar-refractivity contribution in [2.24, 2.45) is 0 Å². The van der Waals surface area contributed by atoms with Crippen molar-refractivity contribution in [1.82, 2.24) is 9.94 Å². The molecule has 0 saturated carbocycles. The zero-order chi connectivity index (χ0) is 17.1. The Morgan fingerprint density at radius 1 is 1.04 bits per heavy atom. The molecule has 0 amide bonds. The number of rotatable bonds is 4. The number of aromatic nitrogens is 2. The lowest BCUT2D eigenvalue weighted by atomic mass is 10.0. The molecular weight excluding hydrogens is 310 g/mol. The number of fused-ring (bicyclic) bond motifs is 1. The van der Waals surface area contributed by atoms with Crippen LogP contribution in [0.5, 0.6) is 5.75 Å². The Bertz CT molecular complexity index is 939. The van der Waals surface area contributed by atoms with Gasteiger partial charge in [-0.1, -0.05) is 53.4 Å². The third kappa shape index (κ3) is 3.33. The number of nitrogen functional groups attached to an aromatic ring is 1. The summed E-state index contributed by atoms with van der Waals surface area (Å²) in [4.78, 5) is 7.52. The molecule has 1 heterocycles. The van der Waals surface area contributed by atoms with Crippen molar-refractivity contribution in [2.45, 2.75) is 12.8 Å². The van der Waals surface area contributed by atoms with E-state index in [9.17, 15) is 0 Å². The molecule has 0 fully saturated rings. The highest BCUT2D eigenvalue weighted by Crippen LogP contribution is 2.25. The largest absolute Gasteiger partial charge is 0.399 e. The minimum absolute atomic E-state index is 0.665. The van der Waals surface area contributed by atoms with E-state index in [2.05, 4.69) is 35.5 Å². The topological polar surface area (TPSA) is 53.1 Å². The van der Waals surface area contributed by atoms with Crippen LogP contribution in [0.15, 0.2) is 60.7 Å². The van der Waals surface area contributed by atoms with Crippen LogP contribution in [0, 0.1) is 0 Å². The SMILES string of the molecule is Nc1cccc(On2nc(C=Cc3ccccc3)c3c2C=CCC3)c1. The lowest BCUT2D eigenvalue weighted by Crippen LogP contribution is -2.10. The van der Waals surface area contributed by atoms with Gasteiger partial charge in [0.1, 0.15) is 5.69 Å². The highest BCUT2D eigenvalue weighted by Gasteiger charge is 2.18. The van der Waals surface area contributed by atoms with Crippen molar-refractivity contribution in [2.75, 3.05) is 5.73 Å². The van der Waals surface area contributed by atoms with Gasteiger partial charge in [-0.15, -0.1) is 5.10 Å². The minimum Gasteiger partial charge on any atom is -0.399 e. The van der Waals surface area contributed by atoms with Crippen LogP contribution >= 0.6 is 0 Å². The van der Waals surface area contributed by atoms with Gasteiger partial charge in [0.05, 0.1) is 5.69 Å². The Balaban J connectivity index is 1.68. The molecule has 0 saturated heterocycles. The quantitative estimate of drug-likeness (QED) is 0.720. The zero-order valence-electron chi connectivity index (χ0n) is 13.8. The first-order valence-electron chi connectivity index (χ1n) is 8.35. The van der Waals surface area contributed by atoms with E-state index in [1.54, 1.807) is 10.9 Å². The van der Waals surface area contributed by atoms with Crippen LogP contribution in [0.3, 0.4) is 0 Å². The molecule has 4 nitrogen and oxygen atoms in total. The third-order valence-corrected chi connectivity index (χ3v) is 4.14. The Morgan fingerprint density at radius 2 is 1.92 bits per heavy atom. The van der Waals surface area contributed by atoms with Crippen molar-refractivity contribution in [3.63, 3.8) is 0 Å². The normalized spacial score (nSPS) is 13.1. The molecule has 2 aromatic carbocycles. The molecule has 0 radical (unpaired) electrons. The van der Waals surface area contributed by atoms with Crippen LogP contribution in [0.2, 0.25) is 0 Å². The van der Waals surface area contributed by atoms with Crippen LogP contribution in [0.25, 0.3) is 18.2 Å².